The van der Waals surface area contributed by atoms with E-state index in [1.165, 1.54) is 25.7 Å². The molecule has 0 saturated heterocycles. The third-order valence-corrected chi connectivity index (χ3v) is 2.43. The van der Waals surface area contributed by atoms with Gasteiger partial charge in [-0.25, -0.2) is 0 Å². The van der Waals surface area contributed by atoms with Crippen LogP contribution >= 0.6 is 0 Å². The first-order valence-electron chi connectivity index (χ1n) is 6.23. The minimum Gasteiger partial charge on any atom is -0.394 e. The van der Waals surface area contributed by atoms with Crippen molar-refractivity contribution < 1.29 is 9.84 Å². The molecular weight excluding hydrogens is 190 g/mol. The number of nitrogens with one attached hydrogen (secondary N) is 1. The third kappa shape index (κ3) is 11.8. The highest BCUT2D eigenvalue weighted by atomic mass is 16.5. The topological polar surface area (TPSA) is 41.5 Å². The Morgan fingerprint density at radius 3 is 2.67 bits per heavy atom. The maximum absolute atomic E-state index is 8.49. The molecular formula is C12H27NO2. The van der Waals surface area contributed by atoms with E-state index in [-0.39, 0.29) is 6.61 Å². The van der Waals surface area contributed by atoms with E-state index >= 15 is 0 Å². The summed E-state index contributed by atoms with van der Waals surface area (Å²) in [6.45, 7) is 6.82. The number of hydrogen-bond donors (Lipinski definition) is 2. The number of aliphatic hydroxyl groups excluding tert-OH is 1. The van der Waals surface area contributed by atoms with E-state index in [9.17, 15) is 0 Å². The van der Waals surface area contributed by atoms with E-state index in [1.54, 1.807) is 0 Å². The molecule has 0 aromatic carbocycles. The molecule has 0 saturated carbocycles. The Morgan fingerprint density at radius 1 is 1.20 bits per heavy atom. The van der Waals surface area contributed by atoms with Crippen LogP contribution in [-0.2, 0) is 4.74 Å². The third-order valence-electron chi connectivity index (χ3n) is 2.43. The van der Waals surface area contributed by atoms with E-state index in [0.29, 0.717) is 12.6 Å². The minimum absolute atomic E-state index is 0.126. The number of aliphatic hydroxyl groups is 1. The molecule has 0 aliphatic carbocycles. The number of hydrogen-bond acceptors (Lipinski definition) is 3. The standard InChI is InChI=1S/C12H27NO2/c1-3-4-5-7-12(2)13-8-6-10-15-11-9-14/h12-14H,3-11H2,1-2H3. The van der Waals surface area contributed by atoms with Gasteiger partial charge >= 0.3 is 0 Å². The van der Waals surface area contributed by atoms with Crippen molar-refractivity contribution in [1.82, 2.24) is 5.32 Å². The lowest BCUT2D eigenvalue weighted by Gasteiger charge is -2.13. The smallest absolute Gasteiger partial charge is 0.0697 e. The summed E-state index contributed by atoms with van der Waals surface area (Å²) < 4.78 is 5.17. The lowest BCUT2D eigenvalue weighted by atomic mass is 10.1. The number of unbranched alkanes of at least 4 members (excludes halogenated alkanes) is 2. The fourth-order valence-corrected chi connectivity index (χ4v) is 1.49. The van der Waals surface area contributed by atoms with Crippen LogP contribution in [0.2, 0.25) is 0 Å². The summed E-state index contributed by atoms with van der Waals surface area (Å²) in [6.07, 6.45) is 6.25. The van der Waals surface area contributed by atoms with Gasteiger partial charge in [0.2, 0.25) is 0 Å². The quantitative estimate of drug-likeness (QED) is 0.520. The maximum atomic E-state index is 8.49. The molecule has 92 valence electrons. The molecule has 15 heavy (non-hydrogen) atoms. The van der Waals surface area contributed by atoms with Crippen LogP contribution in [0, 0.1) is 0 Å². The van der Waals surface area contributed by atoms with Gasteiger partial charge in [0.1, 0.15) is 0 Å². The summed E-state index contributed by atoms with van der Waals surface area (Å²) in [5.41, 5.74) is 0. The molecule has 3 heteroatoms. The highest BCUT2D eigenvalue weighted by molar-refractivity contribution is 4.60. The van der Waals surface area contributed by atoms with Crippen LogP contribution in [0.25, 0.3) is 0 Å². The van der Waals surface area contributed by atoms with Crippen LogP contribution in [0.3, 0.4) is 0 Å². The summed E-state index contributed by atoms with van der Waals surface area (Å²) in [6, 6.07) is 0.620. The Morgan fingerprint density at radius 2 is 2.00 bits per heavy atom. The normalized spacial score (nSPS) is 13.0. The van der Waals surface area contributed by atoms with Crippen LogP contribution < -0.4 is 5.32 Å². The van der Waals surface area contributed by atoms with Gasteiger partial charge in [0.05, 0.1) is 13.2 Å². The van der Waals surface area contributed by atoms with Gasteiger partial charge in [-0.1, -0.05) is 26.2 Å². The molecule has 0 bridgehead atoms. The molecule has 3 nitrogen and oxygen atoms in total. The molecule has 0 heterocycles. The van der Waals surface area contributed by atoms with Crippen LogP contribution in [0.5, 0.6) is 0 Å². The maximum Gasteiger partial charge on any atom is 0.0697 e. The molecule has 1 atom stereocenters. The van der Waals surface area contributed by atoms with Crippen molar-refractivity contribution in [2.45, 2.75) is 52.0 Å². The Balaban J connectivity index is 3.06. The zero-order valence-electron chi connectivity index (χ0n) is 10.3. The van der Waals surface area contributed by atoms with E-state index in [2.05, 4.69) is 19.2 Å². The van der Waals surface area contributed by atoms with Gasteiger partial charge in [-0.2, -0.15) is 0 Å². The van der Waals surface area contributed by atoms with Gasteiger partial charge in [0.25, 0.3) is 0 Å². The predicted octanol–water partition coefficient (Wildman–Crippen LogP) is 1.94. The Labute approximate surface area is 94.2 Å². The first-order valence-corrected chi connectivity index (χ1v) is 6.23. The molecule has 0 aliphatic heterocycles. The molecule has 0 aromatic rings. The van der Waals surface area contributed by atoms with E-state index < -0.39 is 0 Å². The van der Waals surface area contributed by atoms with Crippen molar-refractivity contribution in [3.05, 3.63) is 0 Å². The van der Waals surface area contributed by atoms with Gasteiger partial charge in [0, 0.05) is 12.6 Å². The molecule has 0 amide bonds. The average molecular weight is 217 g/mol. The molecule has 1 unspecified atom stereocenters. The van der Waals surface area contributed by atoms with Gasteiger partial charge in [-0.05, 0) is 26.3 Å². The summed E-state index contributed by atoms with van der Waals surface area (Å²) in [5.74, 6) is 0. The van der Waals surface area contributed by atoms with Crippen LogP contribution in [0.4, 0.5) is 0 Å². The molecule has 2 N–H and O–H groups in total. The van der Waals surface area contributed by atoms with Crippen LogP contribution in [0.15, 0.2) is 0 Å². The first-order chi connectivity index (χ1) is 7.31. The Hall–Kier alpha value is -0.120. The molecule has 0 rings (SSSR count). The molecule has 0 spiro atoms. The average Bonchev–Trinajstić information content (AvgIpc) is 2.23. The van der Waals surface area contributed by atoms with E-state index in [4.69, 9.17) is 9.84 Å². The van der Waals surface area contributed by atoms with Crippen molar-refractivity contribution in [2.24, 2.45) is 0 Å². The zero-order chi connectivity index (χ0) is 11.4. The fourth-order valence-electron chi connectivity index (χ4n) is 1.49. The highest BCUT2D eigenvalue weighted by Gasteiger charge is 1.99. The lowest BCUT2D eigenvalue weighted by Crippen LogP contribution is -2.27. The monoisotopic (exact) mass is 217 g/mol. The second-order valence-electron chi connectivity index (χ2n) is 4.04. The van der Waals surface area contributed by atoms with Crippen molar-refractivity contribution in [3.63, 3.8) is 0 Å². The summed E-state index contributed by atoms with van der Waals surface area (Å²) >= 11 is 0. The van der Waals surface area contributed by atoms with Gasteiger partial charge < -0.3 is 15.2 Å². The molecule has 0 aromatic heterocycles. The molecule has 0 radical (unpaired) electrons. The minimum atomic E-state index is 0.126. The van der Waals surface area contributed by atoms with Gasteiger partial charge in [0.15, 0.2) is 0 Å². The number of rotatable bonds is 11. The summed E-state index contributed by atoms with van der Waals surface area (Å²) in [5, 5.41) is 12.0. The molecule has 0 fully saturated rings. The largest absolute Gasteiger partial charge is 0.394 e. The SMILES string of the molecule is CCCCCC(C)NCCCOCCO. The van der Waals surface area contributed by atoms with Crippen molar-refractivity contribution >= 4 is 0 Å². The fraction of sp³-hybridized carbons (Fsp3) is 1.00. The molecule has 0 aliphatic rings. The van der Waals surface area contributed by atoms with Crippen LogP contribution in [-0.4, -0.2) is 37.5 Å². The van der Waals surface area contributed by atoms with E-state index in [1.807, 2.05) is 0 Å². The zero-order valence-corrected chi connectivity index (χ0v) is 10.3. The highest BCUT2D eigenvalue weighted by Crippen LogP contribution is 2.02. The van der Waals surface area contributed by atoms with Crippen molar-refractivity contribution in [1.29, 1.82) is 0 Å². The van der Waals surface area contributed by atoms with Crippen molar-refractivity contribution in [2.75, 3.05) is 26.4 Å². The second kappa shape index (κ2) is 12.0. The van der Waals surface area contributed by atoms with E-state index in [0.717, 1.165) is 19.6 Å². The lowest BCUT2D eigenvalue weighted by molar-refractivity contribution is 0.0904. The van der Waals surface area contributed by atoms with Crippen molar-refractivity contribution in [3.8, 4) is 0 Å². The first kappa shape index (κ1) is 14.9. The number of ether oxygens (including phenoxy) is 1. The van der Waals surface area contributed by atoms with Gasteiger partial charge in [-0.3, -0.25) is 0 Å². The Kier molecular flexibility index (Phi) is 11.9. The summed E-state index contributed by atoms with van der Waals surface area (Å²) in [4.78, 5) is 0. The predicted molar refractivity (Wildman–Crippen MR) is 64.1 cm³/mol. The second-order valence-corrected chi connectivity index (χ2v) is 4.04. The van der Waals surface area contributed by atoms with Crippen LogP contribution in [0.1, 0.15) is 46.0 Å². The summed E-state index contributed by atoms with van der Waals surface area (Å²) in [7, 11) is 0. The van der Waals surface area contributed by atoms with Gasteiger partial charge in [-0.15, -0.1) is 0 Å². The Bertz CT molecular complexity index is 120.